The highest BCUT2D eigenvalue weighted by molar-refractivity contribution is 6.25. The summed E-state index contributed by atoms with van der Waals surface area (Å²) in [5.41, 5.74) is 2.48. The van der Waals surface area contributed by atoms with Crippen molar-refractivity contribution in [3.8, 4) is 18.1 Å². The molecule has 6 atom stereocenters. The number of aliphatic hydroxyl groups is 3. The van der Waals surface area contributed by atoms with Crippen molar-refractivity contribution in [2.75, 3.05) is 26.0 Å². The number of carbonyl (C=O) groups is 4. The van der Waals surface area contributed by atoms with E-state index in [1.54, 1.807) is 14.1 Å². The number of amides is 2. The summed E-state index contributed by atoms with van der Waals surface area (Å²) in [4.78, 5) is 52.5. The Morgan fingerprint density at radius 2 is 1.97 bits per heavy atom. The lowest BCUT2D eigenvalue weighted by Crippen LogP contribution is -2.73. The molecule has 196 valence electrons. The van der Waals surface area contributed by atoms with Crippen LogP contribution in [0.15, 0.2) is 17.7 Å². The molecule has 3 aliphatic carbocycles. The molecule has 12 nitrogen and oxygen atoms in total. The van der Waals surface area contributed by atoms with Crippen molar-refractivity contribution in [1.29, 1.82) is 0 Å². The number of carbonyl (C=O) groups excluding carboxylic acids is 4. The van der Waals surface area contributed by atoms with Crippen molar-refractivity contribution in [2.24, 2.45) is 23.5 Å². The van der Waals surface area contributed by atoms with E-state index in [2.05, 4.69) is 11.2 Å². The number of nitrogens with two attached hydrogens (primary N) is 1. The summed E-state index contributed by atoms with van der Waals surface area (Å²) in [6, 6.07) is 1.96. The molecular weight excluding hydrogens is 486 g/mol. The molecule has 0 radical (unpaired) electrons. The summed E-state index contributed by atoms with van der Waals surface area (Å²) in [5, 5.41) is 46.7. The summed E-state index contributed by atoms with van der Waals surface area (Å²) in [6.45, 7) is -0.314. The number of hydrogen-bond acceptors (Lipinski definition) is 10. The number of phenols is 1. The van der Waals surface area contributed by atoms with Gasteiger partial charge in [0.2, 0.25) is 11.7 Å². The lowest BCUT2D eigenvalue weighted by molar-refractivity contribution is -0.184. The topological polar surface area (TPSA) is 200 Å². The molecule has 0 spiro atoms. The number of nitrogens with one attached hydrogen (secondary N) is 1. The van der Waals surface area contributed by atoms with Crippen LogP contribution in [0.3, 0.4) is 0 Å². The van der Waals surface area contributed by atoms with Crippen LogP contribution in [0.25, 0.3) is 5.76 Å². The summed E-state index contributed by atoms with van der Waals surface area (Å²) >= 11 is 0. The van der Waals surface area contributed by atoms with E-state index in [0.717, 1.165) is 0 Å². The van der Waals surface area contributed by atoms with Crippen LogP contribution >= 0.6 is 0 Å². The van der Waals surface area contributed by atoms with Gasteiger partial charge in [0.15, 0.2) is 18.0 Å². The summed E-state index contributed by atoms with van der Waals surface area (Å²) in [6.07, 6.45) is 2.69. The van der Waals surface area contributed by atoms with Crippen molar-refractivity contribution in [1.82, 2.24) is 4.90 Å². The normalized spacial score (nSPS) is 30.6. The highest BCUT2D eigenvalue weighted by Gasteiger charge is 2.67. The van der Waals surface area contributed by atoms with E-state index in [-0.39, 0.29) is 36.3 Å². The Bertz CT molecular complexity index is 1280. The Hall–Kier alpha value is -3.92. The predicted molar refractivity (Wildman–Crippen MR) is 128 cm³/mol. The van der Waals surface area contributed by atoms with Crippen LogP contribution in [-0.2, 0) is 25.5 Å². The number of primary amides is 1. The van der Waals surface area contributed by atoms with Gasteiger partial charge >= 0.3 is 6.09 Å². The Morgan fingerprint density at radius 3 is 2.57 bits per heavy atom. The third-order valence-corrected chi connectivity index (χ3v) is 7.48. The predicted octanol–water partition coefficient (Wildman–Crippen LogP) is -0.689. The van der Waals surface area contributed by atoms with Crippen molar-refractivity contribution >= 4 is 35.0 Å². The maximum Gasteiger partial charge on any atom is 0.412 e. The molecule has 2 saturated carbocycles. The fourth-order valence-electron chi connectivity index (χ4n) is 5.93. The van der Waals surface area contributed by atoms with Gasteiger partial charge in [-0.2, -0.15) is 0 Å². The van der Waals surface area contributed by atoms with Gasteiger partial charge < -0.3 is 35.8 Å². The smallest absolute Gasteiger partial charge is 0.412 e. The van der Waals surface area contributed by atoms with Crippen molar-refractivity contribution < 1.29 is 44.3 Å². The molecule has 12 heteroatoms. The van der Waals surface area contributed by atoms with Gasteiger partial charge in [0.25, 0.3) is 0 Å². The standard InChI is InChI=1S/C25H27N3O9/c1-4-7-37-24(35)27-13-6-5-10-8-11-9-12-17(28(2)3)20(31)16(23(26)34)22(33)25(12,36)21(32)15(11)19(30)14(10)18(13)29/h1,5-6,11-12,16-17,20,29-31,36H,7-9H2,2-3H3,(H2,26,34)(H,27,35)/t11-,12-,16?,17-,20?,25-/m1/s1. The number of ether oxygens (including phenoxy) is 1. The molecule has 1 aromatic rings. The molecule has 0 aliphatic heterocycles. The number of ketones is 2. The van der Waals surface area contributed by atoms with Crippen LogP contribution in [-0.4, -0.2) is 87.3 Å². The number of phenolic OH excluding ortho intramolecular Hbond substituents is 1. The van der Waals surface area contributed by atoms with Gasteiger partial charge in [-0.25, -0.2) is 4.79 Å². The number of rotatable bonds is 4. The van der Waals surface area contributed by atoms with Crippen LogP contribution in [0, 0.1) is 30.1 Å². The molecule has 0 bridgehead atoms. The van der Waals surface area contributed by atoms with Crippen molar-refractivity contribution in [3.05, 3.63) is 28.8 Å². The number of fused-ring (bicyclic) bond motifs is 3. The number of terminal acetylenes is 1. The molecule has 3 aliphatic rings. The fraction of sp³-hybridized carbons (Fsp3) is 0.440. The highest BCUT2D eigenvalue weighted by Crippen LogP contribution is 2.52. The van der Waals surface area contributed by atoms with Gasteiger partial charge in [0.05, 0.1) is 17.4 Å². The van der Waals surface area contributed by atoms with Crippen LogP contribution in [0.1, 0.15) is 17.5 Å². The Kier molecular flexibility index (Phi) is 6.49. The van der Waals surface area contributed by atoms with E-state index in [4.69, 9.17) is 16.9 Å². The summed E-state index contributed by atoms with van der Waals surface area (Å²) in [7, 11) is 3.15. The third-order valence-electron chi connectivity index (χ3n) is 7.48. The summed E-state index contributed by atoms with van der Waals surface area (Å²) in [5.74, 6) is -6.28. The van der Waals surface area contributed by atoms with E-state index in [1.807, 2.05) is 0 Å². The number of aliphatic hydroxyl groups excluding tert-OH is 2. The first-order chi connectivity index (χ1) is 17.4. The van der Waals surface area contributed by atoms with Crippen LogP contribution in [0.2, 0.25) is 0 Å². The number of Topliss-reactive ketones (excluding diaryl/α,β-unsaturated/α-hetero) is 2. The summed E-state index contributed by atoms with van der Waals surface area (Å²) < 4.78 is 4.72. The fourth-order valence-corrected chi connectivity index (χ4v) is 5.93. The van der Waals surface area contributed by atoms with Gasteiger partial charge in [0.1, 0.15) is 17.4 Å². The monoisotopic (exact) mass is 513 g/mol. The molecule has 0 saturated heterocycles. The molecule has 1 aromatic carbocycles. The highest BCUT2D eigenvalue weighted by atomic mass is 16.5. The van der Waals surface area contributed by atoms with Crippen LogP contribution in [0.4, 0.5) is 10.5 Å². The van der Waals surface area contributed by atoms with Gasteiger partial charge in [0, 0.05) is 17.5 Å². The minimum atomic E-state index is -2.74. The first-order valence-electron chi connectivity index (χ1n) is 11.5. The van der Waals surface area contributed by atoms with Gasteiger partial charge in [-0.15, -0.1) is 6.42 Å². The number of aromatic hydroxyl groups is 1. The van der Waals surface area contributed by atoms with E-state index in [1.165, 1.54) is 17.0 Å². The second-order valence-corrected chi connectivity index (χ2v) is 9.69. The minimum absolute atomic E-state index is 0.0113. The number of nitrogens with zero attached hydrogens (tertiary/aromatic N) is 1. The first kappa shape index (κ1) is 26.2. The second-order valence-electron chi connectivity index (χ2n) is 9.69. The molecular formula is C25H27N3O9. The quantitative estimate of drug-likeness (QED) is 0.170. The van der Waals surface area contributed by atoms with E-state index >= 15 is 0 Å². The van der Waals surface area contributed by atoms with Crippen molar-refractivity contribution in [3.63, 3.8) is 0 Å². The number of benzene rings is 1. The number of likely N-dealkylation sites (N-methyl/N-ethyl adjacent to an activating group) is 1. The van der Waals surface area contributed by atoms with Crippen LogP contribution in [0.5, 0.6) is 5.75 Å². The molecule has 4 rings (SSSR count). The Morgan fingerprint density at radius 1 is 1.30 bits per heavy atom. The molecule has 0 heterocycles. The zero-order valence-electron chi connectivity index (χ0n) is 20.1. The molecule has 2 fully saturated rings. The molecule has 0 aromatic heterocycles. The van der Waals surface area contributed by atoms with Gasteiger partial charge in [-0.3, -0.25) is 19.7 Å². The van der Waals surface area contributed by atoms with Crippen LogP contribution < -0.4 is 11.1 Å². The Labute approximate surface area is 211 Å². The molecule has 37 heavy (non-hydrogen) atoms. The zero-order chi connectivity index (χ0) is 27.4. The average molecular weight is 514 g/mol. The number of anilines is 1. The molecule has 2 unspecified atom stereocenters. The van der Waals surface area contributed by atoms with E-state index < -0.39 is 70.6 Å². The SMILES string of the molecule is C#CCOC(=O)Nc1ccc2c(c1O)C(O)=C1C(=O)[C@@]3(O)C(=O)C(C(N)=O)C(O)[C@H](N(C)C)[C@H]3C[C@H]1C2. The van der Waals surface area contributed by atoms with Gasteiger partial charge in [-0.05, 0) is 44.5 Å². The zero-order valence-corrected chi connectivity index (χ0v) is 20.1. The molecule has 2 amide bonds. The minimum Gasteiger partial charge on any atom is -0.507 e. The van der Waals surface area contributed by atoms with E-state index in [9.17, 15) is 39.6 Å². The number of hydrogen-bond donors (Lipinski definition) is 6. The molecule has 7 N–H and O–H groups in total. The lowest BCUT2D eigenvalue weighted by Gasteiger charge is -2.53. The Balaban J connectivity index is 1.81. The van der Waals surface area contributed by atoms with E-state index in [0.29, 0.717) is 5.56 Å². The van der Waals surface area contributed by atoms with Gasteiger partial charge in [-0.1, -0.05) is 12.0 Å². The third kappa shape index (κ3) is 3.83. The maximum atomic E-state index is 13.8. The first-order valence-corrected chi connectivity index (χ1v) is 11.5. The average Bonchev–Trinajstić information content (AvgIpc) is 2.81. The largest absolute Gasteiger partial charge is 0.507 e. The second kappa shape index (κ2) is 9.19. The maximum absolute atomic E-state index is 13.8. The van der Waals surface area contributed by atoms with Crippen molar-refractivity contribution in [2.45, 2.75) is 30.6 Å². The lowest BCUT2D eigenvalue weighted by atomic mass is 9.54.